The number of hydrogen-bond acceptors (Lipinski definition) is 8. The summed E-state index contributed by atoms with van der Waals surface area (Å²) in [6.07, 6.45) is 7.02. The van der Waals surface area contributed by atoms with E-state index in [2.05, 4.69) is 20.3 Å². The molecule has 1 aliphatic carbocycles. The summed E-state index contributed by atoms with van der Waals surface area (Å²) in [6.45, 7) is -0.0779. The molecule has 3 heterocycles. The van der Waals surface area contributed by atoms with E-state index in [-0.39, 0.29) is 47.3 Å². The number of ether oxygens (including phenoxy) is 1. The van der Waals surface area contributed by atoms with Crippen LogP contribution < -0.4 is 21.3 Å². The Morgan fingerprint density at radius 2 is 1.88 bits per heavy atom. The van der Waals surface area contributed by atoms with E-state index in [1.807, 2.05) is 6.07 Å². The molecule has 4 rings (SSSR count). The first kappa shape index (κ1) is 21.2. The minimum absolute atomic E-state index is 0.0263. The van der Waals surface area contributed by atoms with Gasteiger partial charge in [-0.2, -0.15) is 5.26 Å². The van der Waals surface area contributed by atoms with Crippen molar-refractivity contribution in [2.75, 3.05) is 0 Å². The molecule has 12 heteroatoms. The number of amides is 1. The summed E-state index contributed by atoms with van der Waals surface area (Å²) in [5, 5.41) is 12.1. The van der Waals surface area contributed by atoms with Gasteiger partial charge in [-0.1, -0.05) is 0 Å². The van der Waals surface area contributed by atoms with Crippen molar-refractivity contribution in [1.29, 1.82) is 5.26 Å². The van der Waals surface area contributed by atoms with Crippen LogP contribution in [-0.4, -0.2) is 46.7 Å². The number of carbonyl (C=O) groups excluding carboxylic acids is 1. The predicted octanol–water partition coefficient (Wildman–Crippen LogP) is -0.398. The highest BCUT2D eigenvalue weighted by Gasteiger charge is 2.25. The number of imidazole rings is 1. The van der Waals surface area contributed by atoms with Gasteiger partial charge in [-0.25, -0.2) is 19.7 Å². The molecule has 0 spiro atoms. The fourth-order valence-electron chi connectivity index (χ4n) is 3.92. The minimum Gasteiger partial charge on any atom is -0.472 e. The van der Waals surface area contributed by atoms with Crippen LogP contribution in [0.4, 0.5) is 0 Å². The van der Waals surface area contributed by atoms with Gasteiger partial charge in [0, 0.05) is 32.5 Å². The Morgan fingerprint density at radius 1 is 1.16 bits per heavy atom. The van der Waals surface area contributed by atoms with Gasteiger partial charge in [0.05, 0.1) is 6.33 Å². The minimum atomic E-state index is -0.494. The number of rotatable bonds is 5. The third kappa shape index (κ3) is 3.96. The van der Waals surface area contributed by atoms with Crippen LogP contribution in [0, 0.1) is 11.3 Å². The molecule has 1 saturated carbocycles. The first-order chi connectivity index (χ1) is 15.4. The highest BCUT2D eigenvalue weighted by atomic mass is 16.5. The number of aromatic nitrogens is 6. The highest BCUT2D eigenvalue weighted by Crippen LogP contribution is 2.24. The van der Waals surface area contributed by atoms with Crippen LogP contribution in [0.5, 0.6) is 5.88 Å². The molecule has 0 radical (unpaired) electrons. The first-order valence-electron chi connectivity index (χ1n) is 10.2. The molecule has 1 N–H and O–H groups in total. The Morgan fingerprint density at radius 3 is 2.59 bits per heavy atom. The van der Waals surface area contributed by atoms with E-state index in [0.717, 1.165) is 4.57 Å². The molecule has 0 unspecified atom stereocenters. The van der Waals surface area contributed by atoms with Crippen molar-refractivity contribution in [1.82, 2.24) is 34.0 Å². The van der Waals surface area contributed by atoms with Crippen LogP contribution in [0.15, 0.2) is 28.3 Å². The number of carbonyl (C=O) groups is 1. The Balaban J connectivity index is 1.37. The smallest absolute Gasteiger partial charge is 0.332 e. The highest BCUT2D eigenvalue weighted by molar-refractivity contribution is 5.79. The van der Waals surface area contributed by atoms with Crippen molar-refractivity contribution < 1.29 is 9.53 Å². The molecule has 1 aliphatic rings. The van der Waals surface area contributed by atoms with Gasteiger partial charge in [-0.3, -0.25) is 18.7 Å². The van der Waals surface area contributed by atoms with E-state index in [4.69, 9.17) is 10.00 Å². The van der Waals surface area contributed by atoms with Gasteiger partial charge < -0.3 is 14.6 Å². The molecular formula is C20H22N8O4. The van der Waals surface area contributed by atoms with Gasteiger partial charge in [-0.05, 0) is 25.7 Å². The van der Waals surface area contributed by atoms with Gasteiger partial charge in [-0.15, -0.1) is 0 Å². The molecular weight excluding hydrogens is 416 g/mol. The van der Waals surface area contributed by atoms with Crippen molar-refractivity contribution >= 4 is 17.1 Å². The summed E-state index contributed by atoms with van der Waals surface area (Å²) in [4.78, 5) is 49.3. The second-order valence-electron chi connectivity index (χ2n) is 7.73. The topological polar surface area (TPSA) is 150 Å². The summed E-state index contributed by atoms with van der Waals surface area (Å²) in [5.41, 5.74) is -0.367. The Bertz CT molecular complexity index is 1320. The zero-order valence-corrected chi connectivity index (χ0v) is 17.7. The lowest BCUT2D eigenvalue weighted by Crippen LogP contribution is -2.41. The Hall–Kier alpha value is -4.01. The molecule has 0 atom stereocenters. The maximum absolute atomic E-state index is 12.6. The van der Waals surface area contributed by atoms with Crippen LogP contribution in [0.1, 0.15) is 31.4 Å². The normalized spacial score (nSPS) is 18.3. The van der Waals surface area contributed by atoms with Crippen LogP contribution >= 0.6 is 0 Å². The number of nitrogens with zero attached hydrogens (tertiary/aromatic N) is 7. The maximum atomic E-state index is 12.6. The summed E-state index contributed by atoms with van der Waals surface area (Å²) < 4.78 is 9.55. The maximum Gasteiger partial charge on any atom is 0.332 e. The van der Waals surface area contributed by atoms with E-state index >= 15 is 0 Å². The number of hydrogen-bond donors (Lipinski definition) is 1. The molecule has 166 valence electrons. The third-order valence-corrected chi connectivity index (χ3v) is 5.62. The SMILES string of the molecule is Cn1c(=O)c2c(ncn2CC(=O)NC2CCC(Oc3nccnc3C#N)CC2)n(C)c1=O. The summed E-state index contributed by atoms with van der Waals surface area (Å²) in [7, 11) is 2.92. The van der Waals surface area contributed by atoms with E-state index < -0.39 is 11.2 Å². The second kappa shape index (κ2) is 8.62. The lowest BCUT2D eigenvalue weighted by Gasteiger charge is -2.29. The molecule has 0 aliphatic heterocycles. The zero-order chi connectivity index (χ0) is 22.8. The molecule has 12 nitrogen and oxygen atoms in total. The summed E-state index contributed by atoms with van der Waals surface area (Å²) >= 11 is 0. The Labute approximate surface area is 182 Å². The molecule has 0 bridgehead atoms. The van der Waals surface area contributed by atoms with E-state index in [1.165, 1.54) is 42.0 Å². The van der Waals surface area contributed by atoms with Gasteiger partial charge in [0.25, 0.3) is 11.4 Å². The molecule has 3 aromatic heterocycles. The van der Waals surface area contributed by atoms with E-state index in [1.54, 1.807) is 0 Å². The molecule has 0 aromatic carbocycles. The zero-order valence-electron chi connectivity index (χ0n) is 17.7. The van der Waals surface area contributed by atoms with Crippen LogP contribution in [-0.2, 0) is 25.4 Å². The summed E-state index contributed by atoms with van der Waals surface area (Å²) in [6, 6.07) is 1.94. The fraction of sp³-hybridized carbons (Fsp3) is 0.450. The molecule has 3 aromatic rings. The third-order valence-electron chi connectivity index (χ3n) is 5.62. The second-order valence-corrected chi connectivity index (χ2v) is 7.73. The van der Waals surface area contributed by atoms with Crippen LogP contribution in [0.25, 0.3) is 11.2 Å². The largest absolute Gasteiger partial charge is 0.472 e. The van der Waals surface area contributed by atoms with Gasteiger partial charge in [0.1, 0.15) is 18.7 Å². The number of nitriles is 1. The average Bonchev–Trinajstić information content (AvgIpc) is 3.21. The van der Waals surface area contributed by atoms with Crippen molar-refractivity contribution in [3.05, 3.63) is 45.3 Å². The monoisotopic (exact) mass is 438 g/mol. The molecule has 32 heavy (non-hydrogen) atoms. The first-order valence-corrected chi connectivity index (χ1v) is 10.2. The van der Waals surface area contributed by atoms with Gasteiger partial charge in [0.15, 0.2) is 11.2 Å². The van der Waals surface area contributed by atoms with E-state index in [0.29, 0.717) is 25.7 Å². The molecule has 0 saturated heterocycles. The lowest BCUT2D eigenvalue weighted by molar-refractivity contribution is -0.122. The Kier molecular flexibility index (Phi) is 5.72. The lowest BCUT2D eigenvalue weighted by atomic mass is 9.93. The molecule has 1 fully saturated rings. The molecule has 1 amide bonds. The predicted molar refractivity (Wildman–Crippen MR) is 112 cm³/mol. The van der Waals surface area contributed by atoms with Crippen molar-refractivity contribution in [3.63, 3.8) is 0 Å². The van der Waals surface area contributed by atoms with Crippen LogP contribution in [0.2, 0.25) is 0 Å². The van der Waals surface area contributed by atoms with Crippen molar-refractivity contribution in [3.8, 4) is 11.9 Å². The van der Waals surface area contributed by atoms with Crippen LogP contribution in [0.3, 0.4) is 0 Å². The van der Waals surface area contributed by atoms with Crippen molar-refractivity contribution in [2.45, 2.75) is 44.4 Å². The fourth-order valence-corrected chi connectivity index (χ4v) is 3.92. The summed E-state index contributed by atoms with van der Waals surface area (Å²) in [5.74, 6) is -0.0179. The van der Waals surface area contributed by atoms with E-state index in [9.17, 15) is 14.4 Å². The average molecular weight is 438 g/mol. The van der Waals surface area contributed by atoms with Gasteiger partial charge >= 0.3 is 5.69 Å². The standard InChI is InChI=1S/C20H22N8O4/c1-26-17-16(19(30)27(2)20(26)31)28(11-24-17)10-15(29)25-12-3-5-13(6-4-12)32-18-14(9-21)22-7-8-23-18/h7-8,11-13H,3-6,10H2,1-2H3,(H,25,29). The number of nitrogens with one attached hydrogen (secondary N) is 1. The number of fused-ring (bicyclic) bond motifs is 1. The van der Waals surface area contributed by atoms with Crippen molar-refractivity contribution in [2.24, 2.45) is 14.1 Å². The number of aryl methyl sites for hydroxylation is 1. The quantitative estimate of drug-likeness (QED) is 0.565. The van der Waals surface area contributed by atoms with Gasteiger partial charge in [0.2, 0.25) is 11.6 Å².